The first-order chi connectivity index (χ1) is 11.5. The molecule has 0 aliphatic rings. The smallest absolute Gasteiger partial charge is 0.155 e. The number of carbonyl (C=O) groups is 1. The van der Waals surface area contributed by atoms with Crippen LogP contribution in [0.3, 0.4) is 0 Å². The SMILES string of the molecule is C=CCC(C)CCCC(CC(C)(C)CC=C)(NC(C)C)C(=O)C(C)C. The molecule has 0 fully saturated rings. The van der Waals surface area contributed by atoms with Crippen molar-refractivity contribution in [3.05, 3.63) is 25.3 Å². The highest BCUT2D eigenvalue weighted by atomic mass is 16.1. The monoisotopic (exact) mass is 349 g/mol. The Morgan fingerprint density at radius 2 is 1.68 bits per heavy atom. The summed E-state index contributed by atoms with van der Waals surface area (Å²) in [5.41, 5.74) is -0.385. The van der Waals surface area contributed by atoms with E-state index in [-0.39, 0.29) is 17.4 Å². The number of Topliss-reactive ketones (excluding diaryl/α,β-unsaturated/α-hetero) is 1. The lowest BCUT2D eigenvalue weighted by Gasteiger charge is -2.42. The average Bonchev–Trinajstić information content (AvgIpc) is 2.45. The molecule has 0 radical (unpaired) electrons. The van der Waals surface area contributed by atoms with E-state index in [1.807, 2.05) is 26.0 Å². The normalized spacial score (nSPS) is 15.9. The minimum Gasteiger partial charge on any atom is -0.303 e. The topological polar surface area (TPSA) is 29.1 Å². The maximum Gasteiger partial charge on any atom is 0.155 e. The fourth-order valence-electron chi connectivity index (χ4n) is 4.03. The van der Waals surface area contributed by atoms with E-state index in [9.17, 15) is 4.79 Å². The van der Waals surface area contributed by atoms with Crippen LogP contribution in [0.25, 0.3) is 0 Å². The summed E-state index contributed by atoms with van der Waals surface area (Å²) in [5, 5.41) is 3.69. The predicted octanol–water partition coefficient (Wildman–Crippen LogP) is 6.32. The maximum atomic E-state index is 13.3. The van der Waals surface area contributed by atoms with Crippen molar-refractivity contribution in [3.8, 4) is 0 Å². The molecule has 0 spiro atoms. The molecule has 0 saturated carbocycles. The number of allylic oxidation sites excluding steroid dienone is 2. The molecular weight excluding hydrogens is 306 g/mol. The second kappa shape index (κ2) is 11.0. The van der Waals surface area contributed by atoms with E-state index in [2.05, 4.69) is 53.1 Å². The molecule has 0 saturated heterocycles. The van der Waals surface area contributed by atoms with E-state index in [0.717, 1.165) is 38.5 Å². The van der Waals surface area contributed by atoms with E-state index in [0.29, 0.717) is 11.7 Å². The molecule has 25 heavy (non-hydrogen) atoms. The van der Waals surface area contributed by atoms with Gasteiger partial charge in [-0.25, -0.2) is 0 Å². The Bertz CT molecular complexity index is 422. The van der Waals surface area contributed by atoms with Crippen LogP contribution in [0.15, 0.2) is 25.3 Å². The van der Waals surface area contributed by atoms with Gasteiger partial charge in [-0.05, 0) is 50.9 Å². The summed E-state index contributed by atoms with van der Waals surface area (Å²) in [5.74, 6) is 1.02. The fourth-order valence-corrected chi connectivity index (χ4v) is 4.03. The van der Waals surface area contributed by atoms with Crippen molar-refractivity contribution >= 4 is 5.78 Å². The van der Waals surface area contributed by atoms with Crippen molar-refractivity contribution in [1.29, 1.82) is 0 Å². The molecule has 2 heteroatoms. The Morgan fingerprint density at radius 1 is 1.08 bits per heavy atom. The second-order valence-corrected chi connectivity index (χ2v) is 9.26. The number of ketones is 1. The first-order valence-electron chi connectivity index (χ1n) is 10.0. The number of rotatable bonds is 14. The van der Waals surface area contributed by atoms with Gasteiger partial charge in [-0.1, -0.05) is 59.6 Å². The van der Waals surface area contributed by atoms with Crippen LogP contribution in [-0.4, -0.2) is 17.4 Å². The van der Waals surface area contributed by atoms with Gasteiger partial charge in [-0.15, -0.1) is 13.2 Å². The number of hydrogen-bond donors (Lipinski definition) is 1. The molecule has 0 aromatic carbocycles. The lowest BCUT2D eigenvalue weighted by molar-refractivity contribution is -0.130. The third-order valence-electron chi connectivity index (χ3n) is 4.91. The minimum atomic E-state index is -0.442. The van der Waals surface area contributed by atoms with Gasteiger partial charge in [0.2, 0.25) is 0 Å². The van der Waals surface area contributed by atoms with Gasteiger partial charge in [0.05, 0.1) is 5.54 Å². The zero-order valence-corrected chi connectivity index (χ0v) is 18.0. The highest BCUT2D eigenvalue weighted by Gasteiger charge is 2.42. The van der Waals surface area contributed by atoms with E-state index in [1.54, 1.807) is 0 Å². The Hall–Kier alpha value is -0.890. The van der Waals surface area contributed by atoms with Crippen LogP contribution < -0.4 is 5.32 Å². The molecule has 0 aliphatic carbocycles. The third kappa shape index (κ3) is 8.85. The second-order valence-electron chi connectivity index (χ2n) is 9.26. The van der Waals surface area contributed by atoms with Gasteiger partial charge in [-0.2, -0.15) is 0 Å². The van der Waals surface area contributed by atoms with Crippen molar-refractivity contribution in [2.45, 2.75) is 98.6 Å². The van der Waals surface area contributed by atoms with Crippen molar-refractivity contribution in [2.24, 2.45) is 17.3 Å². The summed E-state index contributed by atoms with van der Waals surface area (Å²) >= 11 is 0. The maximum absolute atomic E-state index is 13.3. The highest BCUT2D eigenvalue weighted by Crippen LogP contribution is 2.37. The molecule has 2 atom stereocenters. The van der Waals surface area contributed by atoms with Crippen LogP contribution in [0, 0.1) is 17.3 Å². The van der Waals surface area contributed by atoms with E-state index in [4.69, 9.17) is 0 Å². The van der Waals surface area contributed by atoms with Gasteiger partial charge in [-0.3, -0.25) is 4.79 Å². The van der Waals surface area contributed by atoms with Crippen LogP contribution >= 0.6 is 0 Å². The predicted molar refractivity (Wildman–Crippen MR) is 112 cm³/mol. The molecule has 0 aromatic heterocycles. The largest absolute Gasteiger partial charge is 0.303 e. The van der Waals surface area contributed by atoms with Crippen molar-refractivity contribution in [3.63, 3.8) is 0 Å². The molecule has 0 amide bonds. The average molecular weight is 350 g/mol. The zero-order chi connectivity index (χ0) is 19.7. The molecular formula is C23H43NO. The zero-order valence-electron chi connectivity index (χ0n) is 18.0. The molecule has 0 heterocycles. The Balaban J connectivity index is 5.49. The lowest BCUT2D eigenvalue weighted by Crippen LogP contribution is -2.58. The summed E-state index contributed by atoms with van der Waals surface area (Å²) in [4.78, 5) is 13.3. The number of nitrogens with one attached hydrogen (secondary N) is 1. The van der Waals surface area contributed by atoms with E-state index < -0.39 is 5.54 Å². The molecule has 1 N–H and O–H groups in total. The number of carbonyl (C=O) groups excluding carboxylic acids is 1. The van der Waals surface area contributed by atoms with Gasteiger partial charge in [0, 0.05) is 12.0 Å². The Labute approximate surface area is 157 Å². The van der Waals surface area contributed by atoms with Crippen LogP contribution in [0.4, 0.5) is 0 Å². The van der Waals surface area contributed by atoms with Crippen LogP contribution in [-0.2, 0) is 4.79 Å². The quantitative estimate of drug-likeness (QED) is 0.372. The van der Waals surface area contributed by atoms with Crippen LogP contribution in [0.1, 0.15) is 87.0 Å². The van der Waals surface area contributed by atoms with Gasteiger partial charge in [0.15, 0.2) is 5.78 Å². The first kappa shape index (κ1) is 24.1. The fraction of sp³-hybridized carbons (Fsp3) is 0.783. The Kier molecular flexibility index (Phi) is 10.6. The van der Waals surface area contributed by atoms with Crippen LogP contribution in [0.2, 0.25) is 0 Å². The van der Waals surface area contributed by atoms with Gasteiger partial charge >= 0.3 is 0 Å². The molecule has 0 rings (SSSR count). The molecule has 0 bridgehead atoms. The molecule has 0 aromatic rings. The Morgan fingerprint density at radius 3 is 2.12 bits per heavy atom. The molecule has 2 unspecified atom stereocenters. The summed E-state index contributed by atoms with van der Waals surface area (Å²) in [6.07, 6.45) is 9.92. The summed E-state index contributed by atoms with van der Waals surface area (Å²) < 4.78 is 0. The molecule has 146 valence electrons. The van der Waals surface area contributed by atoms with Gasteiger partial charge < -0.3 is 5.32 Å². The molecule has 2 nitrogen and oxygen atoms in total. The summed E-state index contributed by atoms with van der Waals surface area (Å²) in [7, 11) is 0. The van der Waals surface area contributed by atoms with Gasteiger partial charge in [0.1, 0.15) is 0 Å². The van der Waals surface area contributed by atoms with E-state index >= 15 is 0 Å². The van der Waals surface area contributed by atoms with E-state index in [1.165, 1.54) is 0 Å². The minimum absolute atomic E-state index is 0.0383. The summed E-state index contributed by atoms with van der Waals surface area (Å²) in [6, 6.07) is 0.285. The standard InChI is InChI=1S/C23H43NO/c1-10-13-20(7)14-12-16-23(24-19(5)6,21(25)18(3)4)17-22(8,9)15-11-2/h10-11,18-20,24H,1-2,12-17H2,3-9H3. The van der Waals surface area contributed by atoms with Crippen molar-refractivity contribution in [1.82, 2.24) is 5.32 Å². The van der Waals surface area contributed by atoms with Crippen molar-refractivity contribution < 1.29 is 4.79 Å². The molecule has 0 aliphatic heterocycles. The summed E-state index contributed by atoms with van der Waals surface area (Å²) in [6.45, 7) is 22.9. The van der Waals surface area contributed by atoms with Crippen LogP contribution in [0.5, 0.6) is 0 Å². The van der Waals surface area contributed by atoms with Crippen molar-refractivity contribution in [2.75, 3.05) is 0 Å². The number of hydrogen-bond acceptors (Lipinski definition) is 2. The third-order valence-corrected chi connectivity index (χ3v) is 4.91. The van der Waals surface area contributed by atoms with Gasteiger partial charge in [0.25, 0.3) is 0 Å². The lowest BCUT2D eigenvalue weighted by atomic mass is 9.69. The first-order valence-corrected chi connectivity index (χ1v) is 10.0. The highest BCUT2D eigenvalue weighted by molar-refractivity contribution is 5.90.